The average Bonchev–Trinajstić information content (AvgIpc) is 3.67. The number of para-hydroxylation sites is 1. The molecule has 4 aromatic rings. The molecule has 2 fully saturated rings. The highest BCUT2D eigenvalue weighted by atomic mass is 31.2. The van der Waals surface area contributed by atoms with E-state index >= 15 is 0 Å². The van der Waals surface area contributed by atoms with Crippen molar-refractivity contribution in [2.24, 2.45) is 5.41 Å². The molecule has 0 spiro atoms. The van der Waals surface area contributed by atoms with Crippen LogP contribution in [0.2, 0.25) is 0 Å². The van der Waals surface area contributed by atoms with E-state index in [1.54, 1.807) is 19.9 Å². The monoisotopic (exact) mass is 624 g/mol. The summed E-state index contributed by atoms with van der Waals surface area (Å²) in [6, 6.07) is 15.3. The van der Waals surface area contributed by atoms with Gasteiger partial charge in [-0.05, 0) is 51.3 Å². The van der Waals surface area contributed by atoms with Crippen LogP contribution in [0.4, 0.5) is 0 Å². The molecule has 0 radical (unpaired) electrons. The van der Waals surface area contributed by atoms with Crippen LogP contribution in [0.3, 0.4) is 0 Å². The molecule has 1 saturated heterocycles. The molecule has 6 rings (SSSR count). The van der Waals surface area contributed by atoms with Crippen LogP contribution in [0.1, 0.15) is 59.2 Å². The number of nitrogens with one attached hydrogen (secondary N) is 2. The molecule has 2 aromatic carbocycles. The maximum Gasteiger partial charge on any atom is 0.459 e. The molecule has 234 valence electrons. The summed E-state index contributed by atoms with van der Waals surface area (Å²) in [4.78, 5) is 38.8. The second kappa shape index (κ2) is 11.7. The van der Waals surface area contributed by atoms with Crippen LogP contribution in [0.25, 0.3) is 21.8 Å². The van der Waals surface area contributed by atoms with Gasteiger partial charge < -0.3 is 18.6 Å². The first kappa shape index (κ1) is 30.3. The molecule has 0 amide bonds. The van der Waals surface area contributed by atoms with E-state index in [4.69, 9.17) is 18.5 Å². The van der Waals surface area contributed by atoms with Crippen molar-refractivity contribution in [3.63, 3.8) is 0 Å². The van der Waals surface area contributed by atoms with E-state index in [2.05, 4.69) is 20.7 Å². The zero-order chi connectivity index (χ0) is 31.2. The molecule has 44 heavy (non-hydrogen) atoms. The molecule has 3 atom stereocenters. The Hall–Kier alpha value is -3.70. The number of benzene rings is 2. The lowest BCUT2D eigenvalue weighted by atomic mass is 9.87. The molecule has 12 nitrogen and oxygen atoms in total. The molecule has 2 aromatic heterocycles. The van der Waals surface area contributed by atoms with Gasteiger partial charge in [-0.3, -0.25) is 23.7 Å². The lowest BCUT2D eigenvalue weighted by molar-refractivity contribution is -0.145. The third kappa shape index (κ3) is 6.12. The molecule has 2 aliphatic rings. The van der Waals surface area contributed by atoms with Crippen LogP contribution in [0, 0.1) is 5.41 Å². The zero-order valence-electron chi connectivity index (χ0n) is 25.1. The topological polar surface area (TPSA) is 143 Å². The summed E-state index contributed by atoms with van der Waals surface area (Å²) in [5.74, 6) is -0.247. The van der Waals surface area contributed by atoms with Gasteiger partial charge in [0.2, 0.25) is 0 Å². The fourth-order valence-corrected chi connectivity index (χ4v) is 7.26. The summed E-state index contributed by atoms with van der Waals surface area (Å²) in [7, 11) is -4.18. The van der Waals surface area contributed by atoms with Crippen LogP contribution < -0.4 is 20.9 Å². The number of nitrogens with zero attached hydrogens (tertiary/aromatic N) is 2. The van der Waals surface area contributed by atoms with Crippen LogP contribution in [0.15, 0.2) is 64.3 Å². The minimum absolute atomic E-state index is 0.151. The summed E-state index contributed by atoms with van der Waals surface area (Å²) in [6.45, 7) is 6.76. The van der Waals surface area contributed by atoms with Crippen molar-refractivity contribution in [1.29, 1.82) is 0 Å². The fourth-order valence-electron chi connectivity index (χ4n) is 5.95. The number of aromatic nitrogens is 3. The van der Waals surface area contributed by atoms with Gasteiger partial charge in [-0.2, -0.15) is 0 Å². The van der Waals surface area contributed by atoms with Crippen molar-refractivity contribution in [2.45, 2.75) is 71.4 Å². The Morgan fingerprint density at radius 3 is 2.59 bits per heavy atom. The quantitative estimate of drug-likeness (QED) is 0.173. The molecule has 1 aliphatic heterocycles. The number of ether oxygens (including phenoxy) is 2. The van der Waals surface area contributed by atoms with Crippen molar-refractivity contribution in [2.75, 3.05) is 13.2 Å². The Kier molecular flexibility index (Phi) is 8.04. The lowest BCUT2D eigenvalue weighted by Crippen LogP contribution is -2.36. The number of hydrogen-bond donors (Lipinski definition) is 2. The van der Waals surface area contributed by atoms with Gasteiger partial charge in [-0.15, -0.1) is 0 Å². The summed E-state index contributed by atoms with van der Waals surface area (Å²) in [5, 5.41) is 4.46. The number of rotatable bonds is 11. The largest absolute Gasteiger partial charge is 0.462 e. The number of esters is 1. The van der Waals surface area contributed by atoms with Gasteiger partial charge in [0.1, 0.15) is 18.5 Å². The van der Waals surface area contributed by atoms with Crippen molar-refractivity contribution in [1.82, 2.24) is 19.2 Å². The molecule has 13 heteroatoms. The number of H-pyrrole nitrogens is 1. The molecule has 3 heterocycles. The van der Waals surface area contributed by atoms with Gasteiger partial charge in [0, 0.05) is 34.6 Å². The standard InChI is InChI=1S/C31H37N4O8P/c1-19(2)41-27(37)17-32-44(39,40-18-21-16-31(3,4)29(42-21)34-15-14-26(36)33-30(34)38)43-25-11-7-10-24-28(25)22-8-5-6-9-23(22)35(24)20-12-13-20/h5-11,14-15,19-21,29H,12-13,16-18H2,1-4H3,(H,32,39)(H,33,36,38). The van der Waals surface area contributed by atoms with Gasteiger partial charge in [0.25, 0.3) is 5.56 Å². The van der Waals surface area contributed by atoms with E-state index in [-0.39, 0.29) is 12.7 Å². The van der Waals surface area contributed by atoms with E-state index in [0.29, 0.717) is 18.2 Å². The molecular formula is C31H37N4O8P. The highest BCUT2D eigenvalue weighted by Crippen LogP contribution is 2.51. The Labute approximate surface area is 253 Å². The molecule has 1 saturated carbocycles. The van der Waals surface area contributed by atoms with Gasteiger partial charge in [-0.25, -0.2) is 14.4 Å². The van der Waals surface area contributed by atoms with Gasteiger partial charge >= 0.3 is 19.4 Å². The Morgan fingerprint density at radius 1 is 1.11 bits per heavy atom. The van der Waals surface area contributed by atoms with Crippen LogP contribution in [0.5, 0.6) is 5.75 Å². The van der Waals surface area contributed by atoms with E-state index in [9.17, 15) is 18.9 Å². The maximum absolute atomic E-state index is 14.3. The average molecular weight is 625 g/mol. The highest BCUT2D eigenvalue weighted by molar-refractivity contribution is 7.52. The van der Waals surface area contributed by atoms with Crippen molar-refractivity contribution >= 4 is 35.5 Å². The molecule has 1 aliphatic carbocycles. The molecule has 0 bridgehead atoms. The lowest BCUT2D eigenvalue weighted by Gasteiger charge is -2.26. The van der Waals surface area contributed by atoms with Crippen molar-refractivity contribution in [3.05, 3.63) is 75.6 Å². The van der Waals surface area contributed by atoms with Crippen LogP contribution >= 0.6 is 7.75 Å². The van der Waals surface area contributed by atoms with Gasteiger partial charge in [0.15, 0.2) is 0 Å². The third-order valence-electron chi connectivity index (χ3n) is 7.89. The first-order valence-electron chi connectivity index (χ1n) is 14.8. The van der Waals surface area contributed by atoms with Crippen LogP contribution in [-0.2, 0) is 23.4 Å². The number of hydrogen-bond acceptors (Lipinski definition) is 8. The van der Waals surface area contributed by atoms with E-state index in [1.165, 1.54) is 16.8 Å². The summed E-state index contributed by atoms with van der Waals surface area (Å²) >= 11 is 0. The number of carbonyl (C=O) groups is 1. The first-order valence-corrected chi connectivity index (χ1v) is 16.4. The summed E-state index contributed by atoms with van der Waals surface area (Å²) < 4.78 is 41.5. The Morgan fingerprint density at radius 2 is 1.86 bits per heavy atom. The Balaban J connectivity index is 1.28. The smallest absolute Gasteiger partial charge is 0.459 e. The van der Waals surface area contributed by atoms with Gasteiger partial charge in [-0.1, -0.05) is 38.1 Å². The number of carbonyl (C=O) groups excluding carboxylic acids is 1. The van der Waals surface area contributed by atoms with Gasteiger partial charge in [0.05, 0.1) is 29.7 Å². The maximum atomic E-state index is 14.3. The zero-order valence-corrected chi connectivity index (χ0v) is 26.0. The summed E-state index contributed by atoms with van der Waals surface area (Å²) in [5.41, 5.74) is 0.417. The predicted octanol–water partition coefficient (Wildman–Crippen LogP) is 5.04. The fraction of sp³-hybridized carbons (Fsp3) is 0.452. The minimum Gasteiger partial charge on any atom is -0.462 e. The van der Waals surface area contributed by atoms with Crippen LogP contribution in [-0.4, -0.2) is 45.4 Å². The van der Waals surface area contributed by atoms with Crippen molar-refractivity contribution < 1.29 is 27.9 Å². The second-order valence-electron chi connectivity index (χ2n) is 12.3. The number of fused-ring (bicyclic) bond motifs is 3. The van der Waals surface area contributed by atoms with E-state index < -0.39 is 49.3 Å². The SMILES string of the molecule is CC(C)OC(=O)CNP(=O)(OCC1CC(C)(C)C(n2ccc(=O)[nH]c2=O)O1)Oc1cccc2c1c1ccccc1n2C1CC1. The summed E-state index contributed by atoms with van der Waals surface area (Å²) in [6.07, 6.45) is 2.41. The molecular weight excluding hydrogens is 587 g/mol. The second-order valence-corrected chi connectivity index (χ2v) is 14.1. The highest BCUT2D eigenvalue weighted by Gasteiger charge is 2.44. The van der Waals surface area contributed by atoms with Crippen molar-refractivity contribution in [3.8, 4) is 5.75 Å². The minimum atomic E-state index is -4.18. The first-order chi connectivity index (χ1) is 20.9. The molecule has 3 unspecified atom stereocenters. The normalized spacial score (nSPS) is 21.1. The third-order valence-corrected chi connectivity index (χ3v) is 9.36. The molecule has 2 N–H and O–H groups in total. The van der Waals surface area contributed by atoms with E-state index in [0.717, 1.165) is 34.6 Å². The predicted molar refractivity (Wildman–Crippen MR) is 165 cm³/mol. The van der Waals surface area contributed by atoms with E-state index in [1.807, 2.05) is 44.2 Å². The Bertz CT molecular complexity index is 1870. The number of aromatic amines is 1.